The Morgan fingerprint density at radius 2 is 0.806 bits per heavy atom. The molecule has 2 N–H and O–H groups in total. The van der Waals surface area contributed by atoms with Gasteiger partial charge in [0, 0.05) is 0 Å². The van der Waals surface area contributed by atoms with E-state index in [1.54, 1.807) is 41.5 Å². The molecular formula is C24H30F6N2O2S2. The zero-order valence-corrected chi connectivity index (χ0v) is 22.3. The SMILES string of the molecule is CC(C)(C)[S@](=O)N[C@H](c1ccc(C(F)(F)F)cc1)[C@H](N[S@@](=O)C(C)(C)C)c1ccc(C(F)(F)F)cc1. The van der Waals surface area contributed by atoms with Crippen molar-refractivity contribution in [1.29, 1.82) is 0 Å². The molecule has 0 aliphatic carbocycles. The fourth-order valence-corrected chi connectivity index (χ4v) is 4.71. The van der Waals surface area contributed by atoms with Gasteiger partial charge < -0.3 is 0 Å². The highest BCUT2D eigenvalue weighted by Crippen LogP contribution is 2.36. The molecule has 0 heterocycles. The van der Waals surface area contributed by atoms with Gasteiger partial charge in [-0.2, -0.15) is 26.3 Å². The van der Waals surface area contributed by atoms with E-state index in [0.29, 0.717) is 0 Å². The van der Waals surface area contributed by atoms with Gasteiger partial charge in [0.15, 0.2) is 0 Å². The van der Waals surface area contributed by atoms with E-state index >= 15 is 0 Å². The van der Waals surface area contributed by atoms with Crippen molar-refractivity contribution in [1.82, 2.24) is 9.44 Å². The number of hydrogen-bond donors (Lipinski definition) is 2. The van der Waals surface area contributed by atoms with Gasteiger partial charge in [-0.3, -0.25) is 0 Å². The van der Waals surface area contributed by atoms with Crippen LogP contribution in [0.15, 0.2) is 48.5 Å². The first kappa shape index (κ1) is 30.5. The zero-order valence-electron chi connectivity index (χ0n) is 20.7. The Kier molecular flexibility index (Phi) is 9.24. The summed E-state index contributed by atoms with van der Waals surface area (Å²) in [6, 6.07) is 6.30. The summed E-state index contributed by atoms with van der Waals surface area (Å²) in [5.74, 6) is 0. The van der Waals surface area contributed by atoms with Gasteiger partial charge in [0.1, 0.15) is 0 Å². The lowest BCUT2D eigenvalue weighted by Gasteiger charge is -2.33. The summed E-state index contributed by atoms with van der Waals surface area (Å²) >= 11 is 0. The Hall–Kier alpha value is -1.76. The molecular weight excluding hydrogens is 526 g/mol. The second-order valence-corrected chi connectivity index (χ2v) is 14.2. The average molecular weight is 557 g/mol. The lowest BCUT2D eigenvalue weighted by atomic mass is 9.93. The maximum atomic E-state index is 13.1. The van der Waals surface area contributed by atoms with E-state index in [0.717, 1.165) is 24.3 Å². The normalized spacial score (nSPS) is 16.9. The van der Waals surface area contributed by atoms with E-state index < -0.39 is 67.0 Å². The smallest absolute Gasteiger partial charge is 0.242 e. The summed E-state index contributed by atoms with van der Waals surface area (Å²) in [5, 5.41) is 0. The molecule has 0 saturated carbocycles. The summed E-state index contributed by atoms with van der Waals surface area (Å²) in [5.41, 5.74) is -1.22. The van der Waals surface area contributed by atoms with Gasteiger partial charge in [-0.1, -0.05) is 24.3 Å². The van der Waals surface area contributed by atoms with Crippen LogP contribution in [0.1, 0.15) is 75.9 Å². The second-order valence-electron chi connectivity index (χ2n) is 10.2. The second kappa shape index (κ2) is 10.9. The first-order chi connectivity index (χ1) is 16.2. The van der Waals surface area contributed by atoms with Gasteiger partial charge in [-0.15, -0.1) is 0 Å². The molecule has 0 bridgehead atoms. The van der Waals surface area contributed by atoms with Gasteiger partial charge >= 0.3 is 12.4 Å². The van der Waals surface area contributed by atoms with Gasteiger partial charge in [-0.25, -0.2) is 17.9 Å². The summed E-state index contributed by atoms with van der Waals surface area (Å²) in [7, 11) is -3.46. The van der Waals surface area contributed by atoms with Gasteiger partial charge in [0.05, 0.1) is 54.7 Å². The van der Waals surface area contributed by atoms with Crippen molar-refractivity contribution in [3.8, 4) is 0 Å². The van der Waals surface area contributed by atoms with Gasteiger partial charge in [0.25, 0.3) is 0 Å². The van der Waals surface area contributed by atoms with Crippen LogP contribution in [0.3, 0.4) is 0 Å². The first-order valence-corrected chi connectivity index (χ1v) is 13.2. The molecule has 2 aromatic rings. The van der Waals surface area contributed by atoms with Crippen molar-refractivity contribution in [2.45, 2.75) is 75.5 Å². The predicted molar refractivity (Wildman–Crippen MR) is 130 cm³/mol. The monoisotopic (exact) mass is 556 g/mol. The molecule has 0 saturated heterocycles. The highest BCUT2D eigenvalue weighted by Gasteiger charge is 2.36. The van der Waals surface area contributed by atoms with Crippen molar-refractivity contribution >= 4 is 22.0 Å². The number of benzene rings is 2. The molecule has 0 fully saturated rings. The third kappa shape index (κ3) is 8.12. The minimum atomic E-state index is -4.57. The highest BCUT2D eigenvalue weighted by atomic mass is 32.2. The Morgan fingerprint density at radius 1 is 0.556 bits per heavy atom. The Bertz CT molecular complexity index is 983. The zero-order chi connectivity index (χ0) is 27.7. The maximum absolute atomic E-state index is 13.1. The van der Waals surface area contributed by atoms with E-state index in [1.807, 2.05) is 0 Å². The third-order valence-electron chi connectivity index (χ3n) is 5.11. The Balaban J connectivity index is 2.66. The lowest BCUT2D eigenvalue weighted by Crippen LogP contribution is -2.44. The molecule has 0 radical (unpaired) electrons. The van der Waals surface area contributed by atoms with Crippen molar-refractivity contribution in [2.75, 3.05) is 0 Å². The molecule has 4 nitrogen and oxygen atoms in total. The Labute approximate surface area is 212 Å². The molecule has 2 rings (SSSR count). The van der Waals surface area contributed by atoms with Crippen LogP contribution in [-0.4, -0.2) is 17.9 Å². The molecule has 12 heteroatoms. The third-order valence-corrected chi connectivity index (χ3v) is 8.27. The number of hydrogen-bond acceptors (Lipinski definition) is 2. The largest absolute Gasteiger partial charge is 0.416 e. The summed E-state index contributed by atoms with van der Waals surface area (Å²) in [4.78, 5) is 0. The van der Waals surface area contributed by atoms with E-state index in [2.05, 4.69) is 9.44 Å². The van der Waals surface area contributed by atoms with Crippen LogP contribution in [0.5, 0.6) is 0 Å². The molecule has 0 amide bonds. The number of rotatable bonds is 7. The van der Waals surface area contributed by atoms with Crippen LogP contribution < -0.4 is 9.44 Å². The van der Waals surface area contributed by atoms with Crippen LogP contribution >= 0.6 is 0 Å². The predicted octanol–water partition coefficient (Wildman–Crippen LogP) is 6.61. The molecule has 0 spiro atoms. The number of alkyl halides is 6. The van der Waals surface area contributed by atoms with E-state index in [-0.39, 0.29) is 11.1 Å². The molecule has 202 valence electrons. The number of halogens is 6. The maximum Gasteiger partial charge on any atom is 0.416 e. The first-order valence-electron chi connectivity index (χ1n) is 10.9. The van der Waals surface area contributed by atoms with Crippen LogP contribution in [0.4, 0.5) is 26.3 Å². The highest BCUT2D eigenvalue weighted by molar-refractivity contribution is 7.84. The molecule has 0 aromatic heterocycles. The van der Waals surface area contributed by atoms with Crippen LogP contribution in [0.2, 0.25) is 0 Å². The van der Waals surface area contributed by atoms with E-state index in [1.165, 1.54) is 24.3 Å². The fourth-order valence-electron chi connectivity index (χ4n) is 3.00. The van der Waals surface area contributed by atoms with Crippen LogP contribution in [0.25, 0.3) is 0 Å². The van der Waals surface area contributed by atoms with Gasteiger partial charge in [-0.05, 0) is 76.9 Å². The molecule has 0 unspecified atom stereocenters. The summed E-state index contributed by atoms with van der Waals surface area (Å²) < 4.78 is 109. The van der Waals surface area contributed by atoms with Crippen molar-refractivity contribution in [3.63, 3.8) is 0 Å². The average Bonchev–Trinajstić information content (AvgIpc) is 2.73. The fraction of sp³-hybridized carbons (Fsp3) is 0.500. The molecule has 4 atom stereocenters. The van der Waals surface area contributed by atoms with Gasteiger partial charge in [0.2, 0.25) is 0 Å². The molecule has 36 heavy (non-hydrogen) atoms. The minimum absolute atomic E-state index is 0.281. The summed E-state index contributed by atoms with van der Waals surface area (Å²) in [6.07, 6.45) is -9.15. The quantitative estimate of drug-likeness (QED) is 0.377. The van der Waals surface area contributed by atoms with E-state index in [9.17, 15) is 34.8 Å². The van der Waals surface area contributed by atoms with Crippen LogP contribution in [0, 0.1) is 0 Å². The van der Waals surface area contributed by atoms with Crippen molar-refractivity contribution in [3.05, 3.63) is 70.8 Å². The topological polar surface area (TPSA) is 58.2 Å². The Morgan fingerprint density at radius 3 is 1.00 bits per heavy atom. The van der Waals surface area contributed by atoms with E-state index in [4.69, 9.17) is 0 Å². The molecule has 0 aliphatic heterocycles. The van der Waals surface area contributed by atoms with Crippen molar-refractivity contribution in [2.24, 2.45) is 0 Å². The van der Waals surface area contributed by atoms with Crippen molar-refractivity contribution < 1.29 is 34.8 Å². The lowest BCUT2D eigenvalue weighted by molar-refractivity contribution is -0.138. The van der Waals surface area contributed by atoms with Crippen LogP contribution in [-0.2, 0) is 34.3 Å². The standard InChI is InChI=1S/C24H30F6N2O2S2/c1-21(2,3)35(33)31-19(15-7-11-17(12-8-15)23(25,26)27)20(32-36(34)22(4,5)6)16-9-13-18(14-10-16)24(28,29)30/h7-14,19-20,31-32H,1-6H3/t19-,20-,35+,36+/m1/s1. The molecule has 2 aromatic carbocycles. The summed E-state index contributed by atoms with van der Waals surface area (Å²) in [6.45, 7) is 10.1. The molecule has 0 aliphatic rings. The number of nitrogens with one attached hydrogen (secondary N) is 2. The minimum Gasteiger partial charge on any atom is -0.242 e.